The lowest BCUT2D eigenvalue weighted by molar-refractivity contribution is -0.290. The second kappa shape index (κ2) is 3.95. The highest BCUT2D eigenvalue weighted by Gasteiger charge is 2.34. The van der Waals surface area contributed by atoms with E-state index in [4.69, 9.17) is 9.78 Å². The fourth-order valence-electron chi connectivity index (χ4n) is 1.73. The van der Waals surface area contributed by atoms with E-state index in [1.165, 1.54) is 0 Å². The lowest BCUT2D eigenvalue weighted by atomic mass is 9.93. The molecule has 0 saturated carbocycles. The van der Waals surface area contributed by atoms with Gasteiger partial charge in [-0.2, -0.15) is 0 Å². The summed E-state index contributed by atoms with van der Waals surface area (Å²) in [6, 6.07) is 10.1. The molecule has 1 aliphatic heterocycles. The Labute approximate surface area is 84.1 Å². The van der Waals surface area contributed by atoms with Crippen LogP contribution in [0.25, 0.3) is 0 Å². The maximum atomic E-state index is 5.28. The number of hydrogen-bond donors (Lipinski definition) is 0. The number of rotatable bonds is 2. The minimum atomic E-state index is 0.000191. The van der Waals surface area contributed by atoms with Crippen molar-refractivity contribution in [3.05, 3.63) is 48.6 Å². The van der Waals surface area contributed by atoms with Crippen molar-refractivity contribution >= 4 is 0 Å². The van der Waals surface area contributed by atoms with Gasteiger partial charge < -0.3 is 0 Å². The van der Waals surface area contributed by atoms with Gasteiger partial charge in [0.05, 0.1) is 0 Å². The highest BCUT2D eigenvalue weighted by atomic mass is 17.2. The van der Waals surface area contributed by atoms with E-state index in [0.717, 1.165) is 5.56 Å². The monoisotopic (exact) mass is 190 g/mol. The van der Waals surface area contributed by atoms with Gasteiger partial charge in [-0.3, -0.25) is 0 Å². The van der Waals surface area contributed by atoms with Gasteiger partial charge in [-0.15, -0.1) is 6.58 Å². The molecule has 14 heavy (non-hydrogen) atoms. The summed E-state index contributed by atoms with van der Waals surface area (Å²) in [5.41, 5.74) is 1.16. The van der Waals surface area contributed by atoms with E-state index < -0.39 is 0 Å². The first-order valence-electron chi connectivity index (χ1n) is 4.82. The molecule has 1 aliphatic rings. The SMILES string of the molecule is C=C[C@H]1OO[C@H](c2ccccc2)[C@H]1C. The van der Waals surface area contributed by atoms with Gasteiger partial charge in [-0.05, 0) is 5.56 Å². The smallest absolute Gasteiger partial charge is 0.123 e. The lowest BCUT2D eigenvalue weighted by Crippen LogP contribution is -2.13. The van der Waals surface area contributed by atoms with Crippen LogP contribution in [-0.2, 0) is 9.78 Å². The maximum absolute atomic E-state index is 5.28. The van der Waals surface area contributed by atoms with Crippen LogP contribution in [-0.4, -0.2) is 6.10 Å². The zero-order chi connectivity index (χ0) is 9.97. The van der Waals surface area contributed by atoms with Crippen LogP contribution in [0.3, 0.4) is 0 Å². The van der Waals surface area contributed by atoms with Crippen LogP contribution < -0.4 is 0 Å². The minimum absolute atomic E-state index is 0.000191. The molecular weight excluding hydrogens is 176 g/mol. The molecule has 3 atom stereocenters. The van der Waals surface area contributed by atoms with Crippen LogP contribution in [0.5, 0.6) is 0 Å². The van der Waals surface area contributed by atoms with E-state index >= 15 is 0 Å². The van der Waals surface area contributed by atoms with E-state index in [1.54, 1.807) is 6.08 Å². The molecule has 2 rings (SSSR count). The fourth-order valence-corrected chi connectivity index (χ4v) is 1.73. The van der Waals surface area contributed by atoms with Crippen LogP contribution in [0.15, 0.2) is 43.0 Å². The molecule has 1 aromatic carbocycles. The molecule has 0 spiro atoms. The van der Waals surface area contributed by atoms with Crippen molar-refractivity contribution in [3.63, 3.8) is 0 Å². The average Bonchev–Trinajstić information content (AvgIpc) is 2.61. The van der Waals surface area contributed by atoms with Crippen molar-refractivity contribution in [3.8, 4) is 0 Å². The molecule has 0 unspecified atom stereocenters. The number of hydrogen-bond acceptors (Lipinski definition) is 2. The number of benzene rings is 1. The largest absolute Gasteiger partial charge is 0.228 e. The highest BCUT2D eigenvalue weighted by molar-refractivity contribution is 5.19. The van der Waals surface area contributed by atoms with Gasteiger partial charge in [0.2, 0.25) is 0 Å². The quantitative estimate of drug-likeness (QED) is 0.527. The van der Waals surface area contributed by atoms with Crippen LogP contribution in [0.1, 0.15) is 18.6 Å². The standard InChI is InChI=1S/C12H14O2/c1-3-11-9(2)12(14-13-11)10-7-5-4-6-8-10/h3-9,11-12H,1H2,2H3/t9-,11+,12-/m0/s1. The molecule has 0 N–H and O–H groups in total. The molecule has 2 heteroatoms. The normalized spacial score (nSPS) is 31.6. The first-order chi connectivity index (χ1) is 6.83. The molecule has 1 heterocycles. The summed E-state index contributed by atoms with van der Waals surface area (Å²) >= 11 is 0. The molecule has 0 amide bonds. The van der Waals surface area contributed by atoms with Crippen molar-refractivity contribution in [2.75, 3.05) is 0 Å². The van der Waals surface area contributed by atoms with Crippen molar-refractivity contribution in [1.29, 1.82) is 0 Å². The van der Waals surface area contributed by atoms with Crippen LogP contribution in [0, 0.1) is 5.92 Å². The Morgan fingerprint density at radius 3 is 2.50 bits per heavy atom. The zero-order valence-corrected chi connectivity index (χ0v) is 8.22. The van der Waals surface area contributed by atoms with Gasteiger partial charge in [0.1, 0.15) is 12.2 Å². The van der Waals surface area contributed by atoms with Gasteiger partial charge in [0.25, 0.3) is 0 Å². The minimum Gasteiger partial charge on any atom is -0.228 e. The molecule has 0 aromatic heterocycles. The molecule has 0 bridgehead atoms. The Morgan fingerprint density at radius 1 is 1.21 bits per heavy atom. The predicted octanol–water partition coefficient (Wildman–Crippen LogP) is 2.88. The molecular formula is C12H14O2. The Morgan fingerprint density at radius 2 is 1.93 bits per heavy atom. The van der Waals surface area contributed by atoms with E-state index in [-0.39, 0.29) is 12.2 Å². The van der Waals surface area contributed by atoms with Gasteiger partial charge in [0, 0.05) is 5.92 Å². The summed E-state index contributed by atoms with van der Waals surface area (Å²) in [6.07, 6.45) is 1.81. The second-order valence-corrected chi connectivity index (χ2v) is 3.58. The summed E-state index contributed by atoms with van der Waals surface area (Å²) in [4.78, 5) is 10.4. The Kier molecular flexibility index (Phi) is 2.66. The Balaban J connectivity index is 2.18. The van der Waals surface area contributed by atoms with E-state index in [1.807, 2.05) is 18.2 Å². The molecule has 0 aliphatic carbocycles. The molecule has 1 fully saturated rings. The second-order valence-electron chi connectivity index (χ2n) is 3.58. The Hall–Kier alpha value is -1.12. The molecule has 1 aromatic rings. The van der Waals surface area contributed by atoms with Crippen molar-refractivity contribution in [1.82, 2.24) is 0 Å². The van der Waals surface area contributed by atoms with Crippen LogP contribution in [0.4, 0.5) is 0 Å². The third kappa shape index (κ3) is 1.59. The van der Waals surface area contributed by atoms with E-state index in [0.29, 0.717) is 5.92 Å². The summed E-state index contributed by atoms with van der Waals surface area (Å²) in [5.74, 6) is 0.315. The lowest BCUT2D eigenvalue weighted by Gasteiger charge is -2.12. The summed E-state index contributed by atoms with van der Waals surface area (Å²) in [7, 11) is 0. The molecule has 0 radical (unpaired) electrons. The van der Waals surface area contributed by atoms with Gasteiger partial charge in [-0.1, -0.05) is 43.3 Å². The average molecular weight is 190 g/mol. The van der Waals surface area contributed by atoms with Crippen molar-refractivity contribution in [2.45, 2.75) is 19.1 Å². The summed E-state index contributed by atoms with van der Waals surface area (Å²) < 4.78 is 0. The fraction of sp³-hybridized carbons (Fsp3) is 0.333. The van der Waals surface area contributed by atoms with Gasteiger partial charge in [-0.25, -0.2) is 9.78 Å². The van der Waals surface area contributed by atoms with Crippen LogP contribution in [0.2, 0.25) is 0 Å². The first kappa shape index (κ1) is 9.44. The predicted molar refractivity (Wildman–Crippen MR) is 54.5 cm³/mol. The van der Waals surface area contributed by atoms with Crippen molar-refractivity contribution in [2.24, 2.45) is 5.92 Å². The molecule has 74 valence electrons. The summed E-state index contributed by atoms with van der Waals surface area (Å²) in [6.45, 7) is 5.82. The third-order valence-corrected chi connectivity index (χ3v) is 2.63. The third-order valence-electron chi connectivity index (χ3n) is 2.63. The molecule has 1 saturated heterocycles. The zero-order valence-electron chi connectivity index (χ0n) is 8.22. The molecule has 2 nitrogen and oxygen atoms in total. The van der Waals surface area contributed by atoms with Gasteiger partial charge in [0.15, 0.2) is 0 Å². The summed E-state index contributed by atoms with van der Waals surface area (Å²) in [5, 5.41) is 0. The van der Waals surface area contributed by atoms with Gasteiger partial charge >= 0.3 is 0 Å². The van der Waals surface area contributed by atoms with E-state index in [9.17, 15) is 0 Å². The van der Waals surface area contributed by atoms with Crippen LogP contribution >= 0.6 is 0 Å². The Bertz CT molecular complexity index is 307. The topological polar surface area (TPSA) is 18.5 Å². The first-order valence-corrected chi connectivity index (χ1v) is 4.82. The van der Waals surface area contributed by atoms with E-state index in [2.05, 4.69) is 25.6 Å². The highest BCUT2D eigenvalue weighted by Crippen LogP contribution is 2.36. The maximum Gasteiger partial charge on any atom is 0.123 e. The van der Waals surface area contributed by atoms with Crippen molar-refractivity contribution < 1.29 is 9.78 Å².